The first kappa shape index (κ1) is 12.9. The Bertz CT molecular complexity index is 584. The van der Waals surface area contributed by atoms with Crippen molar-refractivity contribution in [3.63, 3.8) is 0 Å². The third-order valence-corrected chi connectivity index (χ3v) is 3.96. The third-order valence-electron chi connectivity index (χ3n) is 2.88. The monoisotopic (exact) mass is 263 g/mol. The van der Waals surface area contributed by atoms with Gasteiger partial charge in [-0.3, -0.25) is 4.79 Å². The van der Waals surface area contributed by atoms with Gasteiger partial charge in [0.25, 0.3) is 0 Å². The number of thiazole rings is 1. The van der Waals surface area contributed by atoms with Crippen LogP contribution < -0.4 is 0 Å². The van der Waals surface area contributed by atoms with Crippen LogP contribution in [0.5, 0.6) is 0 Å². The molecule has 2 aromatic rings. The van der Waals surface area contributed by atoms with Crippen LogP contribution in [0.1, 0.15) is 31.5 Å². The van der Waals surface area contributed by atoms with Gasteiger partial charge in [-0.2, -0.15) is 0 Å². The van der Waals surface area contributed by atoms with E-state index < -0.39 is 0 Å². The molecule has 0 radical (unpaired) electrons. The second-order valence-corrected chi connectivity index (χ2v) is 5.60. The highest BCUT2D eigenvalue weighted by molar-refractivity contribution is 7.11. The van der Waals surface area contributed by atoms with Gasteiger partial charge in [-0.1, -0.05) is 6.07 Å². The maximum atomic E-state index is 13.1. The number of rotatable bonds is 3. The molecule has 0 saturated carbocycles. The average molecular weight is 263 g/mol. The number of carbonyl (C=O) groups excluding carboxylic acids is 1. The lowest BCUT2D eigenvalue weighted by Gasteiger charge is -2.03. The summed E-state index contributed by atoms with van der Waals surface area (Å²) in [5, 5.41) is 0.790. The van der Waals surface area contributed by atoms with Crippen molar-refractivity contribution in [3.8, 4) is 0 Å². The van der Waals surface area contributed by atoms with Gasteiger partial charge in [0.05, 0.1) is 12.1 Å². The van der Waals surface area contributed by atoms with Crippen LogP contribution in [0.4, 0.5) is 4.39 Å². The molecular weight excluding hydrogens is 249 g/mol. The zero-order chi connectivity index (χ0) is 13.3. The smallest absolute Gasteiger partial charge is 0.170 e. The second-order valence-electron chi connectivity index (χ2n) is 4.31. The zero-order valence-corrected chi connectivity index (χ0v) is 11.4. The van der Waals surface area contributed by atoms with Crippen LogP contribution in [0.25, 0.3) is 0 Å². The third kappa shape index (κ3) is 2.64. The van der Waals surface area contributed by atoms with E-state index in [1.807, 2.05) is 20.8 Å². The first-order valence-electron chi connectivity index (χ1n) is 5.69. The highest BCUT2D eigenvalue weighted by Crippen LogP contribution is 2.19. The van der Waals surface area contributed by atoms with Crippen molar-refractivity contribution in [1.82, 2.24) is 4.98 Å². The molecule has 0 unspecified atom stereocenters. The molecule has 0 bridgehead atoms. The number of halogens is 1. The van der Waals surface area contributed by atoms with E-state index in [1.54, 1.807) is 6.07 Å². The molecule has 1 aromatic carbocycles. The average Bonchev–Trinajstić information content (AvgIpc) is 2.61. The van der Waals surface area contributed by atoms with Gasteiger partial charge in [-0.05, 0) is 38.5 Å². The lowest BCUT2D eigenvalue weighted by atomic mass is 10.0. The van der Waals surface area contributed by atoms with Crippen molar-refractivity contribution in [2.24, 2.45) is 0 Å². The fraction of sp³-hybridized carbons (Fsp3) is 0.286. The fourth-order valence-electron chi connectivity index (χ4n) is 1.74. The summed E-state index contributed by atoms with van der Waals surface area (Å²) in [4.78, 5) is 17.6. The predicted molar refractivity (Wildman–Crippen MR) is 70.8 cm³/mol. The number of ketones is 1. The van der Waals surface area contributed by atoms with E-state index in [1.165, 1.54) is 23.5 Å². The van der Waals surface area contributed by atoms with Crippen molar-refractivity contribution >= 4 is 17.1 Å². The van der Waals surface area contributed by atoms with E-state index >= 15 is 0 Å². The molecule has 1 heterocycles. The lowest BCUT2D eigenvalue weighted by Crippen LogP contribution is -2.06. The topological polar surface area (TPSA) is 30.0 Å². The summed E-state index contributed by atoms with van der Waals surface area (Å²) in [5.74, 6) is -0.462. The minimum absolute atomic E-state index is 0.0826. The van der Waals surface area contributed by atoms with Crippen molar-refractivity contribution < 1.29 is 9.18 Å². The number of hydrogen-bond acceptors (Lipinski definition) is 3. The highest BCUT2D eigenvalue weighted by atomic mass is 32.1. The molecule has 0 saturated heterocycles. The van der Waals surface area contributed by atoms with E-state index in [9.17, 15) is 9.18 Å². The minimum Gasteiger partial charge on any atom is -0.294 e. The van der Waals surface area contributed by atoms with Gasteiger partial charge >= 0.3 is 0 Å². The summed E-state index contributed by atoms with van der Waals surface area (Å²) in [6, 6.07) is 4.29. The van der Waals surface area contributed by atoms with Crippen LogP contribution in [0.15, 0.2) is 18.2 Å². The Labute approximate surface area is 110 Å². The highest BCUT2D eigenvalue weighted by Gasteiger charge is 2.14. The first-order valence-corrected chi connectivity index (χ1v) is 6.51. The second kappa shape index (κ2) is 4.98. The summed E-state index contributed by atoms with van der Waals surface area (Å²) in [7, 11) is 0. The summed E-state index contributed by atoms with van der Waals surface area (Å²) in [6.07, 6.45) is 0.240. The molecule has 0 N–H and O–H groups in total. The fourth-order valence-corrected chi connectivity index (χ4v) is 2.67. The van der Waals surface area contributed by atoms with Crippen LogP contribution >= 0.6 is 11.3 Å². The molecule has 0 spiro atoms. The predicted octanol–water partition coefficient (Wildman–Crippen LogP) is 3.63. The number of hydrogen-bond donors (Lipinski definition) is 0. The van der Waals surface area contributed by atoms with Gasteiger partial charge in [0.15, 0.2) is 5.78 Å². The molecule has 1 aromatic heterocycles. The number of benzene rings is 1. The number of nitrogens with zero attached hydrogens (tertiary/aromatic N) is 1. The maximum absolute atomic E-state index is 13.1. The molecular formula is C14H14FNOS. The lowest BCUT2D eigenvalue weighted by molar-refractivity contribution is 0.0992. The Hall–Kier alpha value is -1.55. The van der Waals surface area contributed by atoms with Gasteiger partial charge in [0.2, 0.25) is 0 Å². The van der Waals surface area contributed by atoms with E-state index in [4.69, 9.17) is 0 Å². The zero-order valence-electron chi connectivity index (χ0n) is 10.6. The molecule has 0 fully saturated rings. The quantitative estimate of drug-likeness (QED) is 0.791. The van der Waals surface area contributed by atoms with E-state index in [0.717, 1.165) is 21.1 Å². The molecule has 94 valence electrons. The Morgan fingerprint density at radius 3 is 2.67 bits per heavy atom. The van der Waals surface area contributed by atoms with E-state index in [0.29, 0.717) is 5.56 Å². The van der Waals surface area contributed by atoms with Gasteiger partial charge in [-0.25, -0.2) is 9.37 Å². The summed E-state index contributed by atoms with van der Waals surface area (Å²) in [5.41, 5.74) is 2.20. The number of aryl methyl sites for hydroxylation is 3. The molecule has 2 nitrogen and oxygen atoms in total. The van der Waals surface area contributed by atoms with Gasteiger partial charge in [0.1, 0.15) is 10.8 Å². The largest absolute Gasteiger partial charge is 0.294 e. The van der Waals surface area contributed by atoms with Gasteiger partial charge in [-0.15, -0.1) is 11.3 Å². The Morgan fingerprint density at radius 1 is 1.33 bits per heavy atom. The van der Waals surface area contributed by atoms with Gasteiger partial charge in [0, 0.05) is 10.4 Å². The molecule has 4 heteroatoms. The van der Waals surface area contributed by atoms with Crippen LogP contribution in [0, 0.1) is 26.6 Å². The van der Waals surface area contributed by atoms with Crippen LogP contribution in [-0.4, -0.2) is 10.8 Å². The van der Waals surface area contributed by atoms with Crippen molar-refractivity contribution in [3.05, 3.63) is 50.7 Å². The molecule has 0 aliphatic rings. The molecule has 2 rings (SSSR count). The van der Waals surface area contributed by atoms with E-state index in [-0.39, 0.29) is 18.0 Å². The molecule has 0 aliphatic carbocycles. The van der Waals surface area contributed by atoms with E-state index in [2.05, 4.69) is 4.98 Å². The Kier molecular flexibility index (Phi) is 3.57. The molecule has 0 amide bonds. The minimum atomic E-state index is -0.379. The number of aromatic nitrogens is 1. The van der Waals surface area contributed by atoms with Crippen LogP contribution in [0.2, 0.25) is 0 Å². The van der Waals surface area contributed by atoms with Crippen molar-refractivity contribution in [1.29, 1.82) is 0 Å². The van der Waals surface area contributed by atoms with Crippen LogP contribution in [-0.2, 0) is 6.42 Å². The molecule has 0 aliphatic heterocycles. The first-order chi connectivity index (χ1) is 8.47. The normalized spacial score (nSPS) is 10.7. The Morgan fingerprint density at radius 2 is 2.06 bits per heavy atom. The number of carbonyl (C=O) groups is 1. The number of Topliss-reactive ketones (excluding diaryl/α,β-unsaturated/α-hetero) is 1. The maximum Gasteiger partial charge on any atom is 0.170 e. The SMILES string of the molecule is Cc1ccc(F)cc1C(=O)Cc1nc(C)c(C)s1. The van der Waals surface area contributed by atoms with Crippen molar-refractivity contribution in [2.45, 2.75) is 27.2 Å². The molecule has 18 heavy (non-hydrogen) atoms. The Balaban J connectivity index is 2.24. The van der Waals surface area contributed by atoms with Gasteiger partial charge < -0.3 is 0 Å². The molecule has 0 atom stereocenters. The summed E-state index contributed by atoms with van der Waals surface area (Å²) < 4.78 is 13.1. The van der Waals surface area contributed by atoms with Crippen molar-refractivity contribution in [2.75, 3.05) is 0 Å². The van der Waals surface area contributed by atoms with Crippen LogP contribution in [0.3, 0.4) is 0 Å². The summed E-state index contributed by atoms with van der Waals surface area (Å²) in [6.45, 7) is 5.71. The standard InChI is InChI=1S/C14H14FNOS/c1-8-4-5-11(15)6-12(8)13(17)7-14-16-9(2)10(3)18-14/h4-6H,7H2,1-3H3. The summed E-state index contributed by atoms with van der Waals surface area (Å²) >= 11 is 1.52.